The van der Waals surface area contributed by atoms with Crippen LogP contribution in [0.15, 0.2) is 17.1 Å². The molecule has 0 aliphatic heterocycles. The fourth-order valence-electron chi connectivity index (χ4n) is 1.04. The maximum atomic E-state index is 5.65. The molecule has 0 bridgehead atoms. The molecule has 0 fully saturated rings. The topological polar surface area (TPSA) is 59.6 Å². The van der Waals surface area contributed by atoms with E-state index in [1.807, 2.05) is 20.8 Å². The monoisotopic (exact) mass is 227 g/mol. The van der Waals surface area contributed by atoms with E-state index >= 15 is 0 Å². The maximum absolute atomic E-state index is 5.65. The van der Waals surface area contributed by atoms with Crippen molar-refractivity contribution in [2.45, 2.75) is 39.7 Å². The van der Waals surface area contributed by atoms with E-state index in [9.17, 15) is 0 Å². The smallest absolute Gasteiger partial charge is 0.188 e. The molecule has 0 spiro atoms. The Hall–Kier alpha value is -1.03. The van der Waals surface area contributed by atoms with Crippen LogP contribution in [-0.2, 0) is 4.74 Å². The van der Waals surface area contributed by atoms with Crippen molar-refractivity contribution in [1.29, 1.82) is 0 Å². The molecule has 0 aromatic rings. The number of aliphatic imine (C=N–C) groups is 1. The number of nitrogens with two attached hydrogens (primary N) is 1. The summed E-state index contributed by atoms with van der Waals surface area (Å²) in [6.07, 6.45) is 2.39. The molecule has 4 nitrogen and oxygen atoms in total. The van der Waals surface area contributed by atoms with Gasteiger partial charge in [0.25, 0.3) is 0 Å². The summed E-state index contributed by atoms with van der Waals surface area (Å²) < 4.78 is 5.43. The van der Waals surface area contributed by atoms with Crippen molar-refractivity contribution in [2.24, 2.45) is 10.7 Å². The molecule has 0 aromatic heterocycles. The Bertz CT molecular complexity index is 224. The molecule has 0 unspecified atom stereocenters. The molecule has 3 N–H and O–H groups in total. The minimum absolute atomic E-state index is 0.315. The molecule has 0 heterocycles. The summed E-state index contributed by atoms with van der Waals surface area (Å²) in [5, 5.41) is 3.06. The number of ether oxygens (including phenoxy) is 1. The second-order valence-corrected chi connectivity index (χ2v) is 4.21. The second-order valence-electron chi connectivity index (χ2n) is 4.21. The maximum Gasteiger partial charge on any atom is 0.188 e. The highest BCUT2D eigenvalue weighted by Gasteiger charge is 1.94. The molecule has 94 valence electrons. The van der Waals surface area contributed by atoms with Crippen molar-refractivity contribution in [3.63, 3.8) is 0 Å². The van der Waals surface area contributed by atoms with E-state index in [0.717, 1.165) is 31.6 Å². The highest BCUT2D eigenvalue weighted by Crippen LogP contribution is 1.93. The average Bonchev–Trinajstić information content (AvgIpc) is 2.19. The van der Waals surface area contributed by atoms with Crippen LogP contribution in [0.2, 0.25) is 0 Å². The summed E-state index contributed by atoms with van der Waals surface area (Å²) >= 11 is 0. The zero-order valence-electron chi connectivity index (χ0n) is 10.8. The Balaban J connectivity index is 3.37. The van der Waals surface area contributed by atoms with E-state index in [2.05, 4.69) is 16.9 Å². The lowest BCUT2D eigenvalue weighted by molar-refractivity contribution is 0.0762. The van der Waals surface area contributed by atoms with Gasteiger partial charge in [-0.1, -0.05) is 12.2 Å². The summed E-state index contributed by atoms with van der Waals surface area (Å²) in [4.78, 5) is 4.12. The summed E-state index contributed by atoms with van der Waals surface area (Å²) in [6.45, 7) is 12.0. The number of rotatable bonds is 8. The van der Waals surface area contributed by atoms with Crippen LogP contribution in [0, 0.1) is 0 Å². The van der Waals surface area contributed by atoms with Crippen LogP contribution >= 0.6 is 0 Å². The van der Waals surface area contributed by atoms with Gasteiger partial charge in [0.15, 0.2) is 5.96 Å². The highest BCUT2D eigenvalue weighted by atomic mass is 16.5. The molecule has 0 radical (unpaired) electrons. The van der Waals surface area contributed by atoms with Crippen LogP contribution in [-0.4, -0.2) is 31.8 Å². The molecule has 0 aromatic carbocycles. The van der Waals surface area contributed by atoms with Crippen molar-refractivity contribution in [1.82, 2.24) is 5.32 Å². The van der Waals surface area contributed by atoms with Gasteiger partial charge in [-0.15, -0.1) is 0 Å². The van der Waals surface area contributed by atoms with Gasteiger partial charge in [-0.3, -0.25) is 0 Å². The minimum atomic E-state index is 0.315. The van der Waals surface area contributed by atoms with Gasteiger partial charge in [0, 0.05) is 13.2 Å². The highest BCUT2D eigenvalue weighted by molar-refractivity contribution is 5.77. The molecular weight excluding hydrogens is 202 g/mol. The molecular formula is C12H25N3O. The first-order chi connectivity index (χ1) is 7.52. The molecule has 0 saturated carbocycles. The van der Waals surface area contributed by atoms with Gasteiger partial charge in [0.2, 0.25) is 0 Å². The first-order valence-electron chi connectivity index (χ1n) is 5.82. The number of hydrogen-bond donors (Lipinski definition) is 2. The predicted octanol–water partition coefficient (Wildman–Crippen LogP) is 1.67. The number of hydrogen-bond acceptors (Lipinski definition) is 2. The van der Waals surface area contributed by atoms with E-state index in [-0.39, 0.29) is 0 Å². The number of guanidine groups is 1. The van der Waals surface area contributed by atoms with Crippen molar-refractivity contribution in [2.75, 3.05) is 19.7 Å². The number of nitrogens with zero attached hydrogens (tertiary/aromatic N) is 1. The van der Waals surface area contributed by atoms with Gasteiger partial charge in [0.05, 0.1) is 12.6 Å². The van der Waals surface area contributed by atoms with E-state index < -0.39 is 0 Å². The molecule has 0 rings (SSSR count). The molecule has 16 heavy (non-hydrogen) atoms. The molecule has 0 aliphatic rings. The summed E-state index contributed by atoms with van der Waals surface area (Å²) in [7, 11) is 0. The SMILES string of the molecule is C=C(C)CN=C(N)NCCCCOC(C)C. The van der Waals surface area contributed by atoms with Crippen LogP contribution in [0.3, 0.4) is 0 Å². The molecule has 4 heteroatoms. The van der Waals surface area contributed by atoms with Crippen LogP contribution in [0.1, 0.15) is 33.6 Å². The lowest BCUT2D eigenvalue weighted by atomic mass is 10.3. The first kappa shape index (κ1) is 15.0. The zero-order chi connectivity index (χ0) is 12.4. The third-order valence-corrected chi connectivity index (χ3v) is 1.85. The van der Waals surface area contributed by atoms with Gasteiger partial charge >= 0.3 is 0 Å². The Labute approximate surface area is 99.0 Å². The average molecular weight is 227 g/mol. The van der Waals surface area contributed by atoms with Gasteiger partial charge < -0.3 is 15.8 Å². The Morgan fingerprint density at radius 1 is 1.44 bits per heavy atom. The standard InChI is InChI=1S/C12H25N3O/c1-10(2)9-15-12(13)14-7-5-6-8-16-11(3)4/h11H,1,5-9H2,2-4H3,(H3,13,14,15). The van der Waals surface area contributed by atoms with Gasteiger partial charge in [-0.05, 0) is 33.6 Å². The van der Waals surface area contributed by atoms with Gasteiger partial charge in [-0.25, -0.2) is 4.99 Å². The normalized spacial score (nSPS) is 11.9. The number of nitrogens with one attached hydrogen (secondary N) is 1. The van der Waals surface area contributed by atoms with Crippen LogP contribution in [0.4, 0.5) is 0 Å². The van der Waals surface area contributed by atoms with E-state index in [4.69, 9.17) is 10.5 Å². The Morgan fingerprint density at radius 2 is 2.12 bits per heavy atom. The lowest BCUT2D eigenvalue weighted by Gasteiger charge is -2.08. The van der Waals surface area contributed by atoms with Gasteiger partial charge in [-0.2, -0.15) is 0 Å². The minimum Gasteiger partial charge on any atom is -0.379 e. The van der Waals surface area contributed by atoms with E-state index in [0.29, 0.717) is 18.6 Å². The summed E-state index contributed by atoms with van der Waals surface area (Å²) in [5.74, 6) is 0.493. The largest absolute Gasteiger partial charge is 0.379 e. The summed E-state index contributed by atoms with van der Waals surface area (Å²) in [5.41, 5.74) is 6.66. The van der Waals surface area contributed by atoms with Crippen molar-refractivity contribution in [3.8, 4) is 0 Å². The second kappa shape index (κ2) is 9.21. The van der Waals surface area contributed by atoms with Crippen LogP contribution in [0.25, 0.3) is 0 Å². The fraction of sp³-hybridized carbons (Fsp3) is 0.750. The molecule has 0 saturated heterocycles. The third-order valence-electron chi connectivity index (χ3n) is 1.85. The third kappa shape index (κ3) is 11.0. The lowest BCUT2D eigenvalue weighted by Crippen LogP contribution is -2.32. The summed E-state index contributed by atoms with van der Waals surface area (Å²) in [6, 6.07) is 0. The van der Waals surface area contributed by atoms with E-state index in [1.54, 1.807) is 0 Å². The predicted molar refractivity (Wildman–Crippen MR) is 69.6 cm³/mol. The van der Waals surface area contributed by atoms with E-state index in [1.165, 1.54) is 0 Å². The fourth-order valence-corrected chi connectivity index (χ4v) is 1.04. The Morgan fingerprint density at radius 3 is 2.69 bits per heavy atom. The quantitative estimate of drug-likeness (QED) is 0.287. The Kier molecular flexibility index (Phi) is 8.62. The van der Waals surface area contributed by atoms with Crippen molar-refractivity contribution in [3.05, 3.63) is 12.2 Å². The number of unbranched alkanes of at least 4 members (excludes halogenated alkanes) is 1. The van der Waals surface area contributed by atoms with Crippen LogP contribution in [0.5, 0.6) is 0 Å². The molecule has 0 atom stereocenters. The van der Waals surface area contributed by atoms with Crippen molar-refractivity contribution < 1.29 is 4.74 Å². The molecule has 0 aliphatic carbocycles. The van der Waals surface area contributed by atoms with Crippen molar-refractivity contribution >= 4 is 5.96 Å². The zero-order valence-corrected chi connectivity index (χ0v) is 10.8. The van der Waals surface area contributed by atoms with Crippen LogP contribution < -0.4 is 11.1 Å². The molecule has 0 amide bonds. The van der Waals surface area contributed by atoms with Gasteiger partial charge in [0.1, 0.15) is 0 Å². The first-order valence-corrected chi connectivity index (χ1v) is 5.82.